The van der Waals surface area contributed by atoms with E-state index in [2.05, 4.69) is 33.8 Å². The van der Waals surface area contributed by atoms with E-state index >= 15 is 0 Å². The van der Waals surface area contributed by atoms with Gasteiger partial charge >= 0.3 is 0 Å². The monoisotopic (exact) mass is 234 g/mol. The summed E-state index contributed by atoms with van der Waals surface area (Å²) in [7, 11) is 0. The molecule has 0 radical (unpaired) electrons. The van der Waals surface area contributed by atoms with Crippen molar-refractivity contribution < 1.29 is 5.11 Å². The van der Waals surface area contributed by atoms with Crippen molar-refractivity contribution in [3.8, 4) is 0 Å². The van der Waals surface area contributed by atoms with Gasteiger partial charge in [0.05, 0.1) is 6.61 Å². The number of fused-ring (bicyclic) bond motifs is 3. The summed E-state index contributed by atoms with van der Waals surface area (Å²) < 4.78 is 0. The highest BCUT2D eigenvalue weighted by molar-refractivity contribution is 5.35. The molecular weight excluding hydrogens is 208 g/mol. The van der Waals surface area contributed by atoms with Gasteiger partial charge in [-0.05, 0) is 48.3 Å². The van der Waals surface area contributed by atoms with Crippen LogP contribution in [0.4, 0.5) is 0 Å². The standard InChI is InChI=1S/C16H26O/c1-14(2)7-8-15(3)9-12-11(13(14)15)5-6-16(12,4)10-17/h9,11,13,17H,5-8,10H2,1-4H3/t11-,13-,15-,16+/m1/s1. The second kappa shape index (κ2) is 3.17. The van der Waals surface area contributed by atoms with Crippen LogP contribution in [-0.2, 0) is 0 Å². The maximum Gasteiger partial charge on any atom is 0.0522 e. The zero-order chi connectivity index (χ0) is 12.5. The lowest BCUT2D eigenvalue weighted by Gasteiger charge is -2.36. The van der Waals surface area contributed by atoms with Crippen molar-refractivity contribution in [2.45, 2.75) is 53.4 Å². The second-order valence-corrected chi connectivity index (χ2v) is 7.94. The molecule has 0 bridgehead atoms. The third-order valence-electron chi connectivity index (χ3n) is 6.20. The fourth-order valence-corrected chi connectivity index (χ4v) is 5.34. The van der Waals surface area contributed by atoms with Gasteiger partial charge in [-0.15, -0.1) is 0 Å². The molecule has 1 heteroatoms. The Morgan fingerprint density at radius 1 is 1.18 bits per heavy atom. The molecule has 3 rings (SSSR count). The zero-order valence-corrected chi connectivity index (χ0v) is 11.7. The van der Waals surface area contributed by atoms with Crippen LogP contribution in [0.15, 0.2) is 11.6 Å². The van der Waals surface area contributed by atoms with Gasteiger partial charge in [0, 0.05) is 5.41 Å². The minimum atomic E-state index is 0.0914. The number of aliphatic hydroxyl groups is 1. The molecule has 1 nitrogen and oxygen atoms in total. The Bertz CT molecular complexity index is 381. The number of allylic oxidation sites excluding steroid dienone is 1. The first-order chi connectivity index (χ1) is 7.82. The highest BCUT2D eigenvalue weighted by Crippen LogP contribution is 2.68. The first kappa shape index (κ1) is 11.8. The molecule has 3 aliphatic carbocycles. The van der Waals surface area contributed by atoms with Crippen LogP contribution in [0.2, 0.25) is 0 Å². The quantitative estimate of drug-likeness (QED) is 0.685. The van der Waals surface area contributed by atoms with Crippen LogP contribution in [0.5, 0.6) is 0 Å². The minimum absolute atomic E-state index is 0.0914. The van der Waals surface area contributed by atoms with Crippen molar-refractivity contribution in [2.75, 3.05) is 6.61 Å². The Kier molecular flexibility index (Phi) is 2.20. The molecule has 4 atom stereocenters. The number of hydrogen-bond donors (Lipinski definition) is 1. The highest BCUT2D eigenvalue weighted by Gasteiger charge is 2.60. The second-order valence-electron chi connectivity index (χ2n) is 7.94. The average Bonchev–Trinajstić information content (AvgIpc) is 2.79. The van der Waals surface area contributed by atoms with E-state index in [0.717, 1.165) is 11.8 Å². The summed E-state index contributed by atoms with van der Waals surface area (Å²) in [5.41, 5.74) is 2.59. The summed E-state index contributed by atoms with van der Waals surface area (Å²) in [6.07, 6.45) is 7.76. The molecule has 0 aromatic carbocycles. The minimum Gasteiger partial charge on any atom is -0.395 e. The van der Waals surface area contributed by atoms with Crippen molar-refractivity contribution in [1.82, 2.24) is 0 Å². The summed E-state index contributed by atoms with van der Waals surface area (Å²) in [5, 5.41) is 9.71. The maximum absolute atomic E-state index is 9.71. The molecular formula is C16H26O. The molecule has 0 saturated heterocycles. The molecule has 0 aromatic heterocycles. The molecule has 2 saturated carbocycles. The van der Waals surface area contributed by atoms with Crippen molar-refractivity contribution >= 4 is 0 Å². The lowest BCUT2D eigenvalue weighted by molar-refractivity contribution is 0.145. The van der Waals surface area contributed by atoms with Gasteiger partial charge in [0.15, 0.2) is 0 Å². The van der Waals surface area contributed by atoms with Gasteiger partial charge in [-0.1, -0.05) is 39.3 Å². The van der Waals surface area contributed by atoms with Gasteiger partial charge in [0.2, 0.25) is 0 Å². The molecule has 0 aliphatic heterocycles. The van der Waals surface area contributed by atoms with Crippen LogP contribution in [0, 0.1) is 28.1 Å². The summed E-state index contributed by atoms with van der Waals surface area (Å²) in [6, 6.07) is 0. The van der Waals surface area contributed by atoms with Crippen LogP contribution in [0.3, 0.4) is 0 Å². The van der Waals surface area contributed by atoms with Gasteiger partial charge in [-0.2, -0.15) is 0 Å². The van der Waals surface area contributed by atoms with Crippen LogP contribution < -0.4 is 0 Å². The highest BCUT2D eigenvalue weighted by atomic mass is 16.3. The van der Waals surface area contributed by atoms with Crippen molar-refractivity contribution in [1.29, 1.82) is 0 Å². The Morgan fingerprint density at radius 2 is 1.88 bits per heavy atom. The average molecular weight is 234 g/mol. The van der Waals surface area contributed by atoms with E-state index in [4.69, 9.17) is 0 Å². The van der Waals surface area contributed by atoms with Crippen molar-refractivity contribution in [3.05, 3.63) is 11.6 Å². The molecule has 2 fully saturated rings. The Hall–Kier alpha value is -0.300. The lowest BCUT2D eigenvalue weighted by Crippen LogP contribution is -2.30. The maximum atomic E-state index is 9.71. The van der Waals surface area contributed by atoms with Gasteiger partial charge < -0.3 is 5.11 Å². The van der Waals surface area contributed by atoms with Crippen LogP contribution >= 0.6 is 0 Å². The van der Waals surface area contributed by atoms with E-state index in [1.54, 1.807) is 5.57 Å². The first-order valence-corrected chi connectivity index (χ1v) is 7.17. The number of rotatable bonds is 1. The third-order valence-corrected chi connectivity index (χ3v) is 6.20. The van der Waals surface area contributed by atoms with E-state index in [1.165, 1.54) is 25.7 Å². The first-order valence-electron chi connectivity index (χ1n) is 7.17. The van der Waals surface area contributed by atoms with Gasteiger partial charge in [-0.25, -0.2) is 0 Å². The van der Waals surface area contributed by atoms with E-state index in [0.29, 0.717) is 17.4 Å². The van der Waals surface area contributed by atoms with Gasteiger partial charge in [0.25, 0.3) is 0 Å². The fourth-order valence-electron chi connectivity index (χ4n) is 5.34. The smallest absolute Gasteiger partial charge is 0.0522 e. The summed E-state index contributed by atoms with van der Waals surface area (Å²) >= 11 is 0. The van der Waals surface area contributed by atoms with Gasteiger partial charge in [-0.3, -0.25) is 0 Å². The Labute approximate surface area is 105 Å². The molecule has 0 unspecified atom stereocenters. The molecule has 0 spiro atoms. The van der Waals surface area contributed by atoms with Crippen LogP contribution in [0.1, 0.15) is 53.4 Å². The number of aliphatic hydroxyl groups excluding tert-OH is 1. The van der Waals surface area contributed by atoms with E-state index < -0.39 is 0 Å². The number of hydrogen-bond acceptors (Lipinski definition) is 1. The molecule has 3 aliphatic rings. The molecule has 17 heavy (non-hydrogen) atoms. The topological polar surface area (TPSA) is 20.2 Å². The predicted molar refractivity (Wildman–Crippen MR) is 70.6 cm³/mol. The molecule has 0 amide bonds. The fraction of sp³-hybridized carbons (Fsp3) is 0.875. The van der Waals surface area contributed by atoms with E-state index in [9.17, 15) is 5.11 Å². The summed E-state index contributed by atoms with van der Waals surface area (Å²) in [6.45, 7) is 9.95. The SMILES string of the molecule is CC1(C)CC[C@]2(C)C=C3[C@@H](CC[C@@]3(C)CO)[C@H]12. The lowest BCUT2D eigenvalue weighted by atomic mass is 9.68. The summed E-state index contributed by atoms with van der Waals surface area (Å²) in [5.74, 6) is 1.58. The largest absolute Gasteiger partial charge is 0.395 e. The summed E-state index contributed by atoms with van der Waals surface area (Å²) in [4.78, 5) is 0. The normalized spacial score (nSPS) is 51.2. The van der Waals surface area contributed by atoms with Crippen molar-refractivity contribution in [3.63, 3.8) is 0 Å². The molecule has 0 heterocycles. The van der Waals surface area contributed by atoms with Crippen molar-refractivity contribution in [2.24, 2.45) is 28.1 Å². The Morgan fingerprint density at radius 3 is 2.53 bits per heavy atom. The molecule has 1 N–H and O–H groups in total. The predicted octanol–water partition coefficient (Wildman–Crippen LogP) is 3.78. The Balaban J connectivity index is 2.04. The molecule has 0 aromatic rings. The van der Waals surface area contributed by atoms with Crippen LogP contribution in [-0.4, -0.2) is 11.7 Å². The molecule has 96 valence electrons. The third kappa shape index (κ3) is 1.35. The van der Waals surface area contributed by atoms with E-state index in [-0.39, 0.29) is 5.41 Å². The van der Waals surface area contributed by atoms with E-state index in [1.807, 2.05) is 0 Å². The zero-order valence-electron chi connectivity index (χ0n) is 11.7. The van der Waals surface area contributed by atoms with Crippen LogP contribution in [0.25, 0.3) is 0 Å². The van der Waals surface area contributed by atoms with Gasteiger partial charge in [0.1, 0.15) is 0 Å².